The third-order valence-electron chi connectivity index (χ3n) is 4.57. The van der Waals surface area contributed by atoms with Crippen molar-refractivity contribution in [1.29, 1.82) is 0 Å². The van der Waals surface area contributed by atoms with E-state index in [0.717, 1.165) is 24.1 Å². The van der Waals surface area contributed by atoms with E-state index in [-0.39, 0.29) is 27.4 Å². The lowest BCUT2D eigenvalue weighted by Gasteiger charge is -2.14. The summed E-state index contributed by atoms with van der Waals surface area (Å²) in [5.74, 6) is -0.158. The van der Waals surface area contributed by atoms with Crippen LogP contribution in [-0.4, -0.2) is 35.4 Å². The van der Waals surface area contributed by atoms with E-state index in [4.69, 9.17) is 43.5 Å². The third kappa shape index (κ3) is 8.45. The second-order valence-electron chi connectivity index (χ2n) is 7.86. The highest BCUT2D eigenvalue weighted by Crippen LogP contribution is 2.39. The van der Waals surface area contributed by atoms with E-state index >= 15 is 0 Å². The van der Waals surface area contributed by atoms with Gasteiger partial charge in [-0.1, -0.05) is 50.4 Å². The molecule has 188 valence electrons. The molecule has 2 aromatic carbocycles. The lowest BCUT2D eigenvalue weighted by atomic mass is 10.1. The number of amidine groups is 1. The van der Waals surface area contributed by atoms with Crippen LogP contribution in [-0.2, 0) is 9.53 Å². The number of nitrogens with two attached hydrogens (primary N) is 1. The molecule has 0 bridgehead atoms. The molecule has 0 atom stereocenters. The van der Waals surface area contributed by atoms with Gasteiger partial charge in [0.1, 0.15) is 5.75 Å². The van der Waals surface area contributed by atoms with Crippen molar-refractivity contribution in [2.24, 2.45) is 21.6 Å². The van der Waals surface area contributed by atoms with Gasteiger partial charge >= 0.3 is 6.09 Å². The summed E-state index contributed by atoms with van der Waals surface area (Å²) in [6.07, 6.45) is 0.418. The fraction of sp³-hybridized carbons (Fsp3) is 0.333. The minimum atomic E-state index is -1.59. The monoisotopic (exact) mass is 522 g/mol. The molecular weight excluding hydrogens is 495 g/mol. The second-order valence-corrected chi connectivity index (χ2v) is 8.67. The molecule has 11 heteroatoms. The Kier molecular flexibility index (Phi) is 10.4. The molecule has 0 aromatic heterocycles. The van der Waals surface area contributed by atoms with Crippen LogP contribution in [0.1, 0.15) is 39.2 Å². The van der Waals surface area contributed by atoms with E-state index < -0.39 is 17.8 Å². The number of nitrogens with zero attached hydrogens (tertiary/aromatic N) is 2. The molecule has 0 unspecified atom stereocenters. The predicted molar refractivity (Wildman–Crippen MR) is 139 cm³/mol. The van der Waals surface area contributed by atoms with E-state index in [2.05, 4.69) is 22.2 Å². The van der Waals surface area contributed by atoms with Crippen molar-refractivity contribution >= 4 is 58.3 Å². The number of benzene rings is 2. The molecule has 2 amide bonds. The first-order chi connectivity index (χ1) is 16.5. The first kappa shape index (κ1) is 27.9. The fourth-order valence-corrected chi connectivity index (χ4v) is 3.35. The number of ether oxygens (including phenoxy) is 2. The van der Waals surface area contributed by atoms with Crippen molar-refractivity contribution in [2.45, 2.75) is 40.5 Å². The maximum absolute atomic E-state index is 11.9. The van der Waals surface area contributed by atoms with Crippen LogP contribution in [0.5, 0.6) is 11.5 Å². The Labute approximate surface area is 213 Å². The molecule has 0 spiro atoms. The van der Waals surface area contributed by atoms with Gasteiger partial charge in [0.25, 0.3) is 5.91 Å². The smallest absolute Gasteiger partial charge is 0.433 e. The summed E-state index contributed by atoms with van der Waals surface area (Å²) < 4.78 is 11.7. The van der Waals surface area contributed by atoms with Gasteiger partial charge in [-0.3, -0.25) is 4.79 Å². The molecule has 35 heavy (non-hydrogen) atoms. The number of hydrogen-bond acceptors (Lipinski definition) is 5. The van der Waals surface area contributed by atoms with Gasteiger partial charge in [-0.15, -0.1) is 0 Å². The molecule has 2 rings (SSSR count). The van der Waals surface area contributed by atoms with Crippen molar-refractivity contribution in [1.82, 2.24) is 0 Å². The van der Waals surface area contributed by atoms with Crippen LogP contribution in [0.2, 0.25) is 10.0 Å². The predicted octanol–water partition coefficient (Wildman–Crippen LogP) is 6.57. The Morgan fingerprint density at radius 1 is 1.17 bits per heavy atom. The molecule has 0 fully saturated rings. The number of rotatable bonds is 8. The van der Waals surface area contributed by atoms with Crippen LogP contribution in [0.15, 0.2) is 40.3 Å². The van der Waals surface area contributed by atoms with Gasteiger partial charge in [0, 0.05) is 11.6 Å². The van der Waals surface area contributed by atoms with Gasteiger partial charge in [0.2, 0.25) is 0 Å². The average Bonchev–Trinajstić information content (AvgIpc) is 2.76. The highest BCUT2D eigenvalue weighted by Gasteiger charge is 2.16. The van der Waals surface area contributed by atoms with Crippen LogP contribution in [0, 0.1) is 12.8 Å². The number of halogens is 2. The molecule has 2 aromatic rings. The van der Waals surface area contributed by atoms with Gasteiger partial charge in [0.05, 0.1) is 22.3 Å². The summed E-state index contributed by atoms with van der Waals surface area (Å²) in [5, 5.41) is 11.2. The molecule has 0 radical (unpaired) electrons. The number of hydrogen-bond donors (Lipinski definition) is 3. The Balaban J connectivity index is 2.21. The summed E-state index contributed by atoms with van der Waals surface area (Å²) >= 11 is 12.6. The maximum Gasteiger partial charge on any atom is 0.433 e. The number of unbranched alkanes of at least 4 members (excludes halogenated alkanes) is 1. The number of carbonyl (C=O) groups excluding carboxylic acids is 1. The molecule has 0 heterocycles. The van der Waals surface area contributed by atoms with E-state index in [1.807, 2.05) is 26.8 Å². The topological polar surface area (TPSA) is 136 Å². The zero-order valence-electron chi connectivity index (χ0n) is 19.9. The number of anilines is 1. The minimum absolute atomic E-state index is 0.118. The van der Waals surface area contributed by atoms with Crippen molar-refractivity contribution in [3.8, 4) is 11.5 Å². The van der Waals surface area contributed by atoms with E-state index in [1.165, 1.54) is 12.1 Å². The number of aryl methyl sites for hydroxylation is 1. The summed E-state index contributed by atoms with van der Waals surface area (Å²) in [7, 11) is 0. The van der Waals surface area contributed by atoms with Gasteiger partial charge in [-0.05, 0) is 49.2 Å². The van der Waals surface area contributed by atoms with E-state index in [9.17, 15) is 9.59 Å². The van der Waals surface area contributed by atoms with Gasteiger partial charge in [-0.2, -0.15) is 4.99 Å². The van der Waals surface area contributed by atoms with Gasteiger partial charge in [-0.25, -0.2) is 9.79 Å². The Hall–Kier alpha value is -3.30. The lowest BCUT2D eigenvalue weighted by Crippen LogP contribution is -2.31. The Bertz CT molecular complexity index is 1130. The SMILES string of the molecule is CCCCOC(=Nc1ccc(Oc2c(Cl)cc(NC(=O)/C(N)=N/C(=O)O)cc2Cl)cc1C)C(C)C. The molecule has 0 aliphatic carbocycles. The first-order valence-electron chi connectivity index (χ1n) is 10.9. The lowest BCUT2D eigenvalue weighted by molar-refractivity contribution is -0.110. The van der Waals surface area contributed by atoms with Gasteiger partial charge < -0.3 is 25.6 Å². The van der Waals surface area contributed by atoms with Crippen molar-refractivity contribution in [3.63, 3.8) is 0 Å². The van der Waals surface area contributed by atoms with E-state index in [0.29, 0.717) is 18.3 Å². The molecule has 9 nitrogen and oxygen atoms in total. The fourth-order valence-electron chi connectivity index (χ4n) is 2.78. The third-order valence-corrected chi connectivity index (χ3v) is 5.13. The zero-order chi connectivity index (χ0) is 26.1. The normalized spacial score (nSPS) is 12.0. The summed E-state index contributed by atoms with van der Waals surface area (Å²) in [5.41, 5.74) is 7.14. The number of amides is 2. The Morgan fingerprint density at radius 3 is 2.37 bits per heavy atom. The molecule has 0 aliphatic rings. The summed E-state index contributed by atoms with van der Waals surface area (Å²) in [4.78, 5) is 30.1. The standard InChI is InChI=1S/C24H28Cl2N4O5/c1-5-6-9-34-23(13(2)3)29-19-8-7-16(10-14(19)4)35-20-17(25)11-15(12-18(20)26)28-22(31)21(27)30-24(32)33/h7-8,10-13H,5-6,9H2,1-4H3,(H2,27,30)(H,28,31)(H,32,33). The highest BCUT2D eigenvalue weighted by atomic mass is 35.5. The first-order valence-corrected chi connectivity index (χ1v) is 11.6. The number of carboxylic acid groups (broad SMARTS) is 1. The van der Waals surface area contributed by atoms with Crippen molar-refractivity contribution in [3.05, 3.63) is 45.9 Å². The van der Waals surface area contributed by atoms with E-state index in [1.54, 1.807) is 12.1 Å². The van der Waals surface area contributed by atoms with Crippen LogP contribution in [0.4, 0.5) is 16.2 Å². The van der Waals surface area contributed by atoms with Crippen molar-refractivity contribution < 1.29 is 24.2 Å². The molecule has 0 saturated carbocycles. The second kappa shape index (κ2) is 13.0. The largest absolute Gasteiger partial charge is 0.481 e. The Morgan fingerprint density at radius 2 is 1.83 bits per heavy atom. The number of nitrogens with one attached hydrogen (secondary N) is 1. The summed E-state index contributed by atoms with van der Waals surface area (Å²) in [6.45, 7) is 8.69. The van der Waals surface area contributed by atoms with Crippen LogP contribution in [0.3, 0.4) is 0 Å². The minimum Gasteiger partial charge on any atom is -0.481 e. The quantitative estimate of drug-likeness (QED) is 0.203. The van der Waals surface area contributed by atoms with Crippen molar-refractivity contribution in [2.75, 3.05) is 11.9 Å². The highest BCUT2D eigenvalue weighted by molar-refractivity contribution is 6.43. The van der Waals surface area contributed by atoms with Crippen LogP contribution in [0.25, 0.3) is 0 Å². The number of carbonyl (C=O) groups is 2. The summed E-state index contributed by atoms with van der Waals surface area (Å²) in [6, 6.07) is 8.14. The number of aliphatic imine (C=N–C) groups is 2. The van der Waals surface area contributed by atoms with Crippen LogP contribution < -0.4 is 15.8 Å². The molecular formula is C24H28Cl2N4O5. The average molecular weight is 523 g/mol. The van der Waals surface area contributed by atoms with Gasteiger partial charge in [0.15, 0.2) is 17.5 Å². The molecule has 0 saturated heterocycles. The zero-order valence-corrected chi connectivity index (χ0v) is 21.4. The maximum atomic E-state index is 11.9. The molecule has 0 aliphatic heterocycles. The van der Waals surface area contributed by atoms with Crippen LogP contribution >= 0.6 is 23.2 Å². The molecule has 4 N–H and O–H groups in total.